The van der Waals surface area contributed by atoms with Gasteiger partial charge in [0.25, 0.3) is 5.91 Å². The zero-order valence-electron chi connectivity index (χ0n) is 14.7. The van der Waals surface area contributed by atoms with Crippen molar-refractivity contribution < 1.29 is 14.3 Å². The Labute approximate surface area is 161 Å². The molecular weight excluding hydrogens is 354 g/mol. The summed E-state index contributed by atoms with van der Waals surface area (Å²) in [5.74, 6) is -1.41. The molecule has 6 nitrogen and oxygen atoms in total. The van der Waals surface area contributed by atoms with Crippen LogP contribution < -0.4 is 10.6 Å². The molecule has 0 fully saturated rings. The largest absolute Gasteiger partial charge is 0.457 e. The number of fused-ring (bicyclic) bond motifs is 2. The number of hydrogen-bond donors (Lipinski definition) is 2. The van der Waals surface area contributed by atoms with E-state index in [0.717, 1.165) is 16.3 Å². The molecule has 1 amide bonds. The second-order valence-corrected chi connectivity index (χ2v) is 6.25. The van der Waals surface area contributed by atoms with Crippen molar-refractivity contribution in [2.24, 2.45) is 0 Å². The third-order valence-electron chi connectivity index (χ3n) is 4.40. The Morgan fingerprint density at radius 3 is 2.18 bits per heavy atom. The highest BCUT2D eigenvalue weighted by atomic mass is 16.5. The van der Waals surface area contributed by atoms with Gasteiger partial charge in [-0.3, -0.25) is 4.79 Å². The van der Waals surface area contributed by atoms with Crippen LogP contribution in [0.5, 0.6) is 0 Å². The van der Waals surface area contributed by atoms with Gasteiger partial charge in [-0.05, 0) is 28.5 Å². The predicted molar refractivity (Wildman–Crippen MR) is 105 cm³/mol. The molecule has 0 aliphatic carbocycles. The minimum absolute atomic E-state index is 0.0149. The van der Waals surface area contributed by atoms with Crippen molar-refractivity contribution in [2.45, 2.75) is 6.61 Å². The molecule has 3 aromatic carbocycles. The van der Waals surface area contributed by atoms with Gasteiger partial charge in [-0.15, -0.1) is 0 Å². The number of carbonyl (C=O) groups is 2. The normalized spacial score (nSPS) is 14.3. The van der Waals surface area contributed by atoms with Crippen molar-refractivity contribution in [1.29, 1.82) is 5.26 Å². The lowest BCUT2D eigenvalue weighted by atomic mass is 10.1. The van der Waals surface area contributed by atoms with E-state index in [-0.39, 0.29) is 17.9 Å². The molecule has 0 aromatic heterocycles. The highest BCUT2D eigenvalue weighted by molar-refractivity contribution is 6.17. The topological polar surface area (TPSA) is 91.2 Å². The summed E-state index contributed by atoms with van der Waals surface area (Å²) in [7, 11) is 0. The van der Waals surface area contributed by atoms with Crippen molar-refractivity contribution in [2.75, 3.05) is 10.6 Å². The van der Waals surface area contributed by atoms with Crippen LogP contribution in [0.2, 0.25) is 0 Å². The van der Waals surface area contributed by atoms with E-state index in [1.807, 2.05) is 54.6 Å². The fourth-order valence-electron chi connectivity index (χ4n) is 3.00. The van der Waals surface area contributed by atoms with Crippen LogP contribution in [0, 0.1) is 11.3 Å². The second kappa shape index (κ2) is 7.25. The molecule has 0 saturated heterocycles. The average molecular weight is 369 g/mol. The zero-order chi connectivity index (χ0) is 19.5. The second-order valence-electron chi connectivity index (χ2n) is 6.25. The zero-order valence-corrected chi connectivity index (χ0v) is 14.7. The van der Waals surface area contributed by atoms with Gasteiger partial charge in [0.15, 0.2) is 5.57 Å². The summed E-state index contributed by atoms with van der Waals surface area (Å²) >= 11 is 0. The van der Waals surface area contributed by atoms with E-state index in [2.05, 4.69) is 10.6 Å². The van der Waals surface area contributed by atoms with Gasteiger partial charge >= 0.3 is 5.97 Å². The van der Waals surface area contributed by atoms with Crippen LogP contribution in [0.25, 0.3) is 10.8 Å². The number of nitriles is 1. The van der Waals surface area contributed by atoms with Crippen LogP contribution >= 0.6 is 0 Å². The number of anilines is 2. The molecule has 3 aromatic rings. The molecule has 6 heteroatoms. The van der Waals surface area contributed by atoms with Crippen molar-refractivity contribution in [1.82, 2.24) is 0 Å². The van der Waals surface area contributed by atoms with Gasteiger partial charge in [0.05, 0.1) is 11.4 Å². The van der Waals surface area contributed by atoms with Crippen molar-refractivity contribution in [3.05, 3.63) is 83.6 Å². The number of carbonyl (C=O) groups excluding carboxylic acids is 2. The number of hydrogen-bond acceptors (Lipinski definition) is 5. The first-order valence-corrected chi connectivity index (χ1v) is 8.62. The van der Waals surface area contributed by atoms with Gasteiger partial charge in [-0.25, -0.2) is 4.79 Å². The van der Waals surface area contributed by atoms with Gasteiger partial charge in [-0.1, -0.05) is 54.6 Å². The number of ether oxygens (including phenoxy) is 1. The number of benzene rings is 3. The molecule has 1 aliphatic heterocycles. The lowest BCUT2D eigenvalue weighted by Crippen LogP contribution is -2.28. The van der Waals surface area contributed by atoms with E-state index >= 15 is 0 Å². The minimum Gasteiger partial charge on any atom is -0.457 e. The summed E-state index contributed by atoms with van der Waals surface area (Å²) in [6.07, 6.45) is 0. The van der Waals surface area contributed by atoms with Crippen LogP contribution in [-0.2, 0) is 20.9 Å². The first-order chi connectivity index (χ1) is 13.7. The van der Waals surface area contributed by atoms with Gasteiger partial charge in [0.2, 0.25) is 0 Å². The van der Waals surface area contributed by atoms with Crippen molar-refractivity contribution in [3.8, 4) is 6.07 Å². The molecule has 1 heterocycles. The quantitative estimate of drug-likeness (QED) is 0.417. The Morgan fingerprint density at radius 1 is 0.929 bits per heavy atom. The fraction of sp³-hybridized carbons (Fsp3) is 0.0455. The molecule has 0 atom stereocenters. The summed E-state index contributed by atoms with van der Waals surface area (Å²) in [6.45, 7) is 0.0149. The van der Waals surface area contributed by atoms with E-state index in [0.29, 0.717) is 11.4 Å². The highest BCUT2D eigenvalue weighted by Crippen LogP contribution is 2.33. The summed E-state index contributed by atoms with van der Waals surface area (Å²) in [5, 5.41) is 17.0. The molecule has 28 heavy (non-hydrogen) atoms. The van der Waals surface area contributed by atoms with Gasteiger partial charge < -0.3 is 15.4 Å². The molecule has 136 valence electrons. The van der Waals surface area contributed by atoms with Crippen LogP contribution in [0.4, 0.5) is 11.4 Å². The summed E-state index contributed by atoms with van der Waals surface area (Å²) in [4.78, 5) is 24.9. The lowest BCUT2D eigenvalue weighted by Gasteiger charge is -2.22. The SMILES string of the molecule is N#C/C(C(=O)OCc1ccccc1)=C1/Nc2cc3ccccc3cc2NC1=O. The van der Waals surface area contributed by atoms with E-state index in [9.17, 15) is 14.9 Å². The molecule has 2 N–H and O–H groups in total. The van der Waals surface area contributed by atoms with Gasteiger partial charge in [0, 0.05) is 0 Å². The predicted octanol–water partition coefficient (Wildman–Crippen LogP) is 3.72. The number of nitrogens with zero attached hydrogens (tertiary/aromatic N) is 1. The Balaban J connectivity index is 1.63. The van der Waals surface area contributed by atoms with Crippen LogP contribution in [-0.4, -0.2) is 11.9 Å². The van der Waals surface area contributed by atoms with Gasteiger partial charge in [-0.2, -0.15) is 5.26 Å². The van der Waals surface area contributed by atoms with E-state index < -0.39 is 11.9 Å². The summed E-state index contributed by atoms with van der Waals surface area (Å²) in [5.41, 5.74) is 1.49. The van der Waals surface area contributed by atoms with E-state index in [1.54, 1.807) is 18.2 Å². The van der Waals surface area contributed by atoms with E-state index in [4.69, 9.17) is 4.74 Å². The third kappa shape index (κ3) is 3.29. The Morgan fingerprint density at radius 2 is 1.54 bits per heavy atom. The number of esters is 1. The highest BCUT2D eigenvalue weighted by Gasteiger charge is 2.27. The molecule has 0 unspecified atom stereocenters. The van der Waals surface area contributed by atoms with Crippen molar-refractivity contribution in [3.63, 3.8) is 0 Å². The fourth-order valence-corrected chi connectivity index (χ4v) is 3.00. The summed E-state index contributed by atoms with van der Waals surface area (Å²) < 4.78 is 5.20. The van der Waals surface area contributed by atoms with Crippen molar-refractivity contribution >= 4 is 34.0 Å². The molecule has 1 aliphatic rings. The first kappa shape index (κ1) is 17.3. The van der Waals surface area contributed by atoms with Gasteiger partial charge in [0.1, 0.15) is 18.4 Å². The van der Waals surface area contributed by atoms with E-state index in [1.165, 1.54) is 0 Å². The maximum Gasteiger partial charge on any atom is 0.351 e. The number of amides is 1. The lowest BCUT2D eigenvalue weighted by molar-refractivity contribution is -0.140. The standard InChI is InChI=1S/C22H15N3O3/c23-12-17(22(27)28-13-14-6-2-1-3-7-14)20-21(26)25-19-11-16-9-5-4-8-15(16)10-18(19)24-20/h1-11,24H,13H2,(H,25,26)/b20-17-. The van der Waals surface area contributed by atoms with Crippen LogP contribution in [0.15, 0.2) is 78.0 Å². The molecule has 4 rings (SSSR count). The van der Waals surface area contributed by atoms with Crippen LogP contribution in [0.1, 0.15) is 5.56 Å². The molecule has 0 saturated carbocycles. The maximum atomic E-state index is 12.5. The Bertz CT molecular complexity index is 1160. The Kier molecular flexibility index (Phi) is 4.48. The monoisotopic (exact) mass is 369 g/mol. The maximum absolute atomic E-state index is 12.5. The summed E-state index contributed by atoms with van der Waals surface area (Å²) in [6, 6.07) is 22.3. The Hall–Kier alpha value is -4.11. The number of rotatable bonds is 3. The smallest absolute Gasteiger partial charge is 0.351 e. The average Bonchev–Trinajstić information content (AvgIpc) is 2.72. The first-order valence-electron chi connectivity index (χ1n) is 8.62. The van der Waals surface area contributed by atoms with Crippen LogP contribution in [0.3, 0.4) is 0 Å². The number of nitrogens with one attached hydrogen (secondary N) is 2. The molecular formula is C22H15N3O3. The molecule has 0 spiro atoms. The third-order valence-corrected chi connectivity index (χ3v) is 4.40. The molecule has 0 radical (unpaired) electrons. The molecule has 0 bridgehead atoms. The minimum atomic E-state index is -0.853.